The second-order valence-electron chi connectivity index (χ2n) is 5.73. The van der Waals surface area contributed by atoms with E-state index in [-0.39, 0.29) is 17.9 Å². The molecule has 2 aliphatic heterocycles. The third-order valence-electron chi connectivity index (χ3n) is 4.44. The minimum absolute atomic E-state index is 0.0936. The summed E-state index contributed by atoms with van der Waals surface area (Å²) in [6, 6.07) is 7.14. The van der Waals surface area contributed by atoms with E-state index in [0.717, 1.165) is 19.4 Å². The number of hydrogen-bond donors (Lipinski definition) is 0. The van der Waals surface area contributed by atoms with Gasteiger partial charge in [0.2, 0.25) is 0 Å². The molecule has 2 heterocycles. The summed E-state index contributed by atoms with van der Waals surface area (Å²) in [5, 5.41) is 0. The van der Waals surface area contributed by atoms with Crippen LogP contribution in [-0.2, 0) is 4.74 Å². The molecule has 1 fully saturated rings. The van der Waals surface area contributed by atoms with Gasteiger partial charge in [-0.05, 0) is 37.4 Å². The second kappa shape index (κ2) is 5.14. The first-order valence-electron chi connectivity index (χ1n) is 7.18. The van der Waals surface area contributed by atoms with Crippen LogP contribution in [0.4, 0.5) is 0 Å². The molecule has 0 saturated carbocycles. The third-order valence-corrected chi connectivity index (χ3v) is 7.69. The summed E-state index contributed by atoms with van der Waals surface area (Å²) >= 11 is 0. The van der Waals surface area contributed by atoms with Crippen molar-refractivity contribution in [1.82, 2.24) is 4.57 Å². The van der Waals surface area contributed by atoms with Crippen molar-refractivity contribution in [2.45, 2.75) is 38.0 Å². The van der Waals surface area contributed by atoms with Gasteiger partial charge in [0.1, 0.15) is 0 Å². The predicted octanol–water partition coefficient (Wildman–Crippen LogP) is 2.21. The van der Waals surface area contributed by atoms with Crippen LogP contribution in [0.15, 0.2) is 24.3 Å². The van der Waals surface area contributed by atoms with Crippen LogP contribution in [0.2, 0.25) is 12.1 Å². The van der Waals surface area contributed by atoms with Crippen molar-refractivity contribution >= 4 is 20.8 Å². The van der Waals surface area contributed by atoms with E-state index in [0.29, 0.717) is 16.7 Å². The summed E-state index contributed by atoms with van der Waals surface area (Å²) in [4.78, 5) is 25.0. The van der Waals surface area contributed by atoms with Crippen LogP contribution >= 0.6 is 0 Å². The zero-order valence-electron chi connectivity index (χ0n) is 11.8. The number of hydrogen-bond acceptors (Lipinski definition) is 3. The molecule has 1 saturated heterocycles. The Balaban J connectivity index is 1.85. The smallest absolute Gasteiger partial charge is 0.253 e. The third kappa shape index (κ3) is 2.11. The van der Waals surface area contributed by atoms with Gasteiger partial charge in [-0.1, -0.05) is 18.7 Å². The molecule has 4 nitrogen and oxygen atoms in total. The fourth-order valence-corrected chi connectivity index (χ4v) is 6.09. The van der Waals surface area contributed by atoms with Crippen LogP contribution < -0.4 is 0 Å². The van der Waals surface area contributed by atoms with Gasteiger partial charge in [0, 0.05) is 6.61 Å². The first kappa shape index (κ1) is 13.5. The van der Waals surface area contributed by atoms with Crippen LogP contribution in [0.25, 0.3) is 0 Å². The van der Waals surface area contributed by atoms with Crippen LogP contribution in [0.3, 0.4) is 0 Å². The van der Waals surface area contributed by atoms with Crippen molar-refractivity contribution < 1.29 is 14.3 Å². The van der Waals surface area contributed by atoms with E-state index < -0.39 is 8.96 Å². The molecule has 3 unspecified atom stereocenters. The molecule has 0 aromatic heterocycles. The molecule has 1 aromatic rings. The molecular formula is C15H19NO3Si. The molecule has 1 aromatic carbocycles. The van der Waals surface area contributed by atoms with Gasteiger partial charge in [-0.3, -0.25) is 9.59 Å². The Morgan fingerprint density at radius 3 is 2.35 bits per heavy atom. The summed E-state index contributed by atoms with van der Waals surface area (Å²) in [7, 11) is -1.62. The van der Waals surface area contributed by atoms with Crippen molar-refractivity contribution in [2.24, 2.45) is 0 Å². The number of imide groups is 1. The van der Waals surface area contributed by atoms with Crippen molar-refractivity contribution in [1.29, 1.82) is 0 Å². The molecule has 2 amide bonds. The number of rotatable bonds is 2. The maximum absolute atomic E-state index is 12.5. The quantitative estimate of drug-likeness (QED) is 0.619. The lowest BCUT2D eigenvalue weighted by Crippen LogP contribution is -2.46. The standard InChI is InChI=1S/C15H19NO3Si/c1-10-9-11(7-8-19-10)20(2)16-14(17)12-5-3-4-6-13(12)15(16)18/h3-6,10-11,20H,7-9H2,1-2H3. The van der Waals surface area contributed by atoms with E-state index in [1.165, 1.54) is 0 Å². The van der Waals surface area contributed by atoms with E-state index in [1.54, 1.807) is 16.7 Å². The molecule has 3 atom stereocenters. The molecule has 0 bridgehead atoms. The predicted molar refractivity (Wildman–Crippen MR) is 78.4 cm³/mol. The number of ether oxygens (including phenoxy) is 1. The summed E-state index contributed by atoms with van der Waals surface area (Å²) in [6.07, 6.45) is 2.16. The fourth-order valence-electron chi connectivity index (χ4n) is 3.26. The molecule has 5 heteroatoms. The average molecular weight is 289 g/mol. The highest BCUT2D eigenvalue weighted by Crippen LogP contribution is 2.33. The lowest BCUT2D eigenvalue weighted by Gasteiger charge is -2.34. The first-order valence-corrected chi connectivity index (χ1v) is 9.52. The van der Waals surface area contributed by atoms with Gasteiger partial charge in [0.05, 0.1) is 17.2 Å². The molecule has 2 aliphatic rings. The Hall–Kier alpha value is -1.46. The largest absolute Gasteiger partial charge is 0.379 e. The van der Waals surface area contributed by atoms with Gasteiger partial charge in [-0.25, -0.2) is 0 Å². The molecule has 3 rings (SSSR count). The molecule has 0 spiro atoms. The summed E-state index contributed by atoms with van der Waals surface area (Å²) in [6.45, 7) is 4.92. The maximum atomic E-state index is 12.5. The molecule has 0 aliphatic carbocycles. The Bertz CT molecular complexity index is 525. The highest BCUT2D eigenvalue weighted by atomic mass is 28.3. The van der Waals surface area contributed by atoms with E-state index in [4.69, 9.17) is 4.74 Å². The van der Waals surface area contributed by atoms with E-state index in [1.807, 2.05) is 12.1 Å². The van der Waals surface area contributed by atoms with Crippen LogP contribution in [-0.4, -0.2) is 38.0 Å². The van der Waals surface area contributed by atoms with Gasteiger partial charge in [-0.2, -0.15) is 0 Å². The Morgan fingerprint density at radius 1 is 1.20 bits per heavy atom. The fraction of sp³-hybridized carbons (Fsp3) is 0.467. The highest BCUT2D eigenvalue weighted by molar-refractivity contribution is 6.64. The minimum Gasteiger partial charge on any atom is -0.379 e. The van der Waals surface area contributed by atoms with Crippen molar-refractivity contribution in [3.8, 4) is 0 Å². The van der Waals surface area contributed by atoms with Gasteiger partial charge in [-0.15, -0.1) is 0 Å². The number of amides is 2. The van der Waals surface area contributed by atoms with E-state index in [2.05, 4.69) is 13.5 Å². The number of nitrogens with zero attached hydrogens (tertiary/aromatic N) is 1. The number of carbonyl (C=O) groups is 2. The Labute approximate surface area is 120 Å². The summed E-state index contributed by atoms with van der Waals surface area (Å²) < 4.78 is 7.15. The van der Waals surface area contributed by atoms with Crippen LogP contribution in [0, 0.1) is 0 Å². The second-order valence-corrected chi connectivity index (χ2v) is 8.67. The zero-order chi connectivity index (χ0) is 14.3. The Morgan fingerprint density at radius 2 is 1.80 bits per heavy atom. The zero-order valence-corrected chi connectivity index (χ0v) is 13.0. The van der Waals surface area contributed by atoms with E-state index in [9.17, 15) is 9.59 Å². The maximum Gasteiger partial charge on any atom is 0.253 e. The molecule has 0 radical (unpaired) electrons. The summed E-state index contributed by atoms with van der Waals surface area (Å²) in [5.74, 6) is -0.187. The van der Waals surface area contributed by atoms with Crippen molar-refractivity contribution in [2.75, 3.05) is 6.61 Å². The SMILES string of the molecule is CC1CC([SiH](C)N2C(=O)c3ccccc3C2=O)CCO1. The highest BCUT2D eigenvalue weighted by Gasteiger charge is 2.41. The molecule has 106 valence electrons. The molecule has 0 N–H and O–H groups in total. The van der Waals surface area contributed by atoms with Crippen LogP contribution in [0.1, 0.15) is 40.5 Å². The first-order chi connectivity index (χ1) is 9.59. The average Bonchev–Trinajstić information content (AvgIpc) is 2.71. The number of fused-ring (bicyclic) bond motifs is 1. The number of benzene rings is 1. The monoisotopic (exact) mass is 289 g/mol. The van der Waals surface area contributed by atoms with Crippen LogP contribution in [0.5, 0.6) is 0 Å². The topological polar surface area (TPSA) is 46.6 Å². The molecular weight excluding hydrogens is 270 g/mol. The van der Waals surface area contributed by atoms with Gasteiger partial charge in [0.15, 0.2) is 8.96 Å². The normalized spacial score (nSPS) is 27.6. The van der Waals surface area contributed by atoms with Gasteiger partial charge in [0.25, 0.3) is 11.8 Å². The lowest BCUT2D eigenvalue weighted by molar-refractivity contribution is 0.0267. The molecule has 20 heavy (non-hydrogen) atoms. The van der Waals surface area contributed by atoms with Gasteiger partial charge >= 0.3 is 0 Å². The van der Waals surface area contributed by atoms with Crippen molar-refractivity contribution in [3.05, 3.63) is 35.4 Å². The lowest BCUT2D eigenvalue weighted by atomic mass is 10.1. The minimum atomic E-state index is -1.62. The van der Waals surface area contributed by atoms with E-state index >= 15 is 0 Å². The van der Waals surface area contributed by atoms with Crippen molar-refractivity contribution in [3.63, 3.8) is 0 Å². The van der Waals surface area contributed by atoms with Gasteiger partial charge < -0.3 is 9.30 Å². The number of carbonyl (C=O) groups excluding carboxylic acids is 2. The Kier molecular flexibility index (Phi) is 3.48. The summed E-state index contributed by atoms with van der Waals surface area (Å²) in [5.41, 5.74) is 1.59.